The lowest BCUT2D eigenvalue weighted by atomic mass is 9.89. The summed E-state index contributed by atoms with van der Waals surface area (Å²) in [6.07, 6.45) is 6.79. The standard InChI is InChI=1S/C17H26O4/c1-17(2)20-15(13(18)11-7-3-4-8-11)16(21-17)14(19)12-9-5-6-10-12/h11-12,15-16H,3-10H2,1-2H3/t15-,16-/m1/s1. The van der Waals surface area contributed by atoms with Crippen molar-refractivity contribution in [1.29, 1.82) is 0 Å². The molecule has 1 heterocycles. The van der Waals surface area contributed by atoms with Gasteiger partial charge in [-0.1, -0.05) is 25.7 Å². The van der Waals surface area contributed by atoms with Crippen molar-refractivity contribution in [2.45, 2.75) is 83.2 Å². The molecular weight excluding hydrogens is 268 g/mol. The fourth-order valence-electron chi connectivity index (χ4n) is 4.06. The third-order valence-electron chi connectivity index (χ3n) is 5.17. The van der Waals surface area contributed by atoms with E-state index in [9.17, 15) is 9.59 Å². The van der Waals surface area contributed by atoms with Crippen molar-refractivity contribution in [3.63, 3.8) is 0 Å². The smallest absolute Gasteiger partial charge is 0.167 e. The van der Waals surface area contributed by atoms with Gasteiger partial charge in [0.2, 0.25) is 0 Å². The fourth-order valence-corrected chi connectivity index (χ4v) is 4.06. The van der Waals surface area contributed by atoms with Crippen LogP contribution in [0, 0.1) is 11.8 Å². The molecule has 0 aromatic rings. The van der Waals surface area contributed by atoms with Gasteiger partial charge in [-0.3, -0.25) is 9.59 Å². The van der Waals surface area contributed by atoms with Crippen molar-refractivity contribution < 1.29 is 19.1 Å². The highest BCUT2D eigenvalue weighted by molar-refractivity contribution is 5.95. The summed E-state index contributed by atoms with van der Waals surface area (Å²) >= 11 is 0. The maximum absolute atomic E-state index is 12.7. The summed E-state index contributed by atoms with van der Waals surface area (Å²) in [5, 5.41) is 0. The Balaban J connectivity index is 1.75. The van der Waals surface area contributed by atoms with E-state index in [2.05, 4.69) is 0 Å². The number of carbonyl (C=O) groups is 2. The van der Waals surface area contributed by atoms with Gasteiger partial charge in [0.15, 0.2) is 29.6 Å². The Morgan fingerprint density at radius 3 is 1.43 bits per heavy atom. The van der Waals surface area contributed by atoms with Gasteiger partial charge in [-0.15, -0.1) is 0 Å². The van der Waals surface area contributed by atoms with E-state index in [-0.39, 0.29) is 23.4 Å². The Morgan fingerprint density at radius 1 is 0.762 bits per heavy atom. The number of hydrogen-bond acceptors (Lipinski definition) is 4. The molecule has 3 aliphatic rings. The van der Waals surface area contributed by atoms with Gasteiger partial charge >= 0.3 is 0 Å². The lowest BCUT2D eigenvalue weighted by Crippen LogP contribution is -2.42. The molecule has 3 rings (SSSR count). The molecule has 2 atom stereocenters. The molecule has 118 valence electrons. The van der Waals surface area contributed by atoms with Crippen LogP contribution in [0.3, 0.4) is 0 Å². The average molecular weight is 294 g/mol. The van der Waals surface area contributed by atoms with Crippen molar-refractivity contribution in [3.8, 4) is 0 Å². The third-order valence-corrected chi connectivity index (χ3v) is 5.17. The minimum Gasteiger partial charge on any atom is -0.336 e. The first-order chi connectivity index (χ1) is 9.98. The van der Waals surface area contributed by atoms with E-state index in [1.54, 1.807) is 13.8 Å². The van der Waals surface area contributed by atoms with E-state index in [4.69, 9.17) is 9.47 Å². The maximum atomic E-state index is 12.7. The topological polar surface area (TPSA) is 52.6 Å². The summed E-state index contributed by atoms with van der Waals surface area (Å²) in [5.74, 6) is -0.528. The second-order valence-corrected chi connectivity index (χ2v) is 7.24. The van der Waals surface area contributed by atoms with Gasteiger partial charge in [0.05, 0.1) is 0 Å². The molecule has 4 nitrogen and oxygen atoms in total. The molecule has 0 radical (unpaired) electrons. The first-order valence-electron chi connectivity index (χ1n) is 8.41. The van der Waals surface area contributed by atoms with Crippen LogP contribution < -0.4 is 0 Å². The maximum Gasteiger partial charge on any atom is 0.167 e. The van der Waals surface area contributed by atoms with Gasteiger partial charge in [-0.05, 0) is 39.5 Å². The lowest BCUT2D eigenvalue weighted by Gasteiger charge is -2.20. The normalized spacial score (nSPS) is 33.6. The highest BCUT2D eigenvalue weighted by Gasteiger charge is 2.51. The number of carbonyl (C=O) groups excluding carboxylic acids is 2. The molecule has 2 aliphatic carbocycles. The highest BCUT2D eigenvalue weighted by atomic mass is 16.8. The number of ether oxygens (including phenoxy) is 2. The van der Waals surface area contributed by atoms with Crippen LogP contribution >= 0.6 is 0 Å². The number of hydrogen-bond donors (Lipinski definition) is 0. The van der Waals surface area contributed by atoms with Crippen LogP contribution in [0.1, 0.15) is 65.2 Å². The predicted octanol–water partition coefficient (Wildman–Crippen LogP) is 3.03. The van der Waals surface area contributed by atoms with Gasteiger partial charge in [0, 0.05) is 11.8 Å². The van der Waals surface area contributed by atoms with Crippen LogP contribution in [0.15, 0.2) is 0 Å². The second kappa shape index (κ2) is 5.81. The number of rotatable bonds is 4. The molecule has 1 saturated heterocycles. The van der Waals surface area contributed by atoms with Crippen LogP contribution in [-0.2, 0) is 19.1 Å². The van der Waals surface area contributed by atoms with Crippen molar-refractivity contribution >= 4 is 11.6 Å². The predicted molar refractivity (Wildman–Crippen MR) is 77.8 cm³/mol. The lowest BCUT2D eigenvalue weighted by molar-refractivity contribution is -0.160. The molecule has 4 heteroatoms. The van der Waals surface area contributed by atoms with Crippen molar-refractivity contribution in [2.75, 3.05) is 0 Å². The molecule has 0 unspecified atom stereocenters. The monoisotopic (exact) mass is 294 g/mol. The Hall–Kier alpha value is -0.740. The van der Waals surface area contributed by atoms with Gasteiger partial charge in [-0.25, -0.2) is 0 Å². The Kier molecular flexibility index (Phi) is 4.19. The Labute approximate surface area is 126 Å². The minimum atomic E-state index is -0.835. The summed E-state index contributed by atoms with van der Waals surface area (Å²) in [6, 6.07) is 0. The van der Waals surface area contributed by atoms with Crippen molar-refractivity contribution in [2.24, 2.45) is 11.8 Å². The van der Waals surface area contributed by atoms with Gasteiger partial charge in [-0.2, -0.15) is 0 Å². The molecule has 1 aliphatic heterocycles. The van der Waals surface area contributed by atoms with Crippen LogP contribution in [0.4, 0.5) is 0 Å². The second-order valence-electron chi connectivity index (χ2n) is 7.24. The third kappa shape index (κ3) is 3.07. The van der Waals surface area contributed by atoms with Crippen LogP contribution in [0.25, 0.3) is 0 Å². The highest BCUT2D eigenvalue weighted by Crippen LogP contribution is 2.37. The van der Waals surface area contributed by atoms with Crippen LogP contribution in [-0.4, -0.2) is 29.6 Å². The molecule has 3 fully saturated rings. The van der Waals surface area contributed by atoms with E-state index < -0.39 is 18.0 Å². The summed E-state index contributed by atoms with van der Waals surface area (Å²) in [4.78, 5) is 25.4. The van der Waals surface area contributed by atoms with Gasteiger partial charge in [0.25, 0.3) is 0 Å². The fraction of sp³-hybridized carbons (Fsp3) is 0.882. The number of ketones is 2. The Morgan fingerprint density at radius 2 is 1.10 bits per heavy atom. The van der Waals surface area contributed by atoms with Gasteiger partial charge in [0.1, 0.15) is 0 Å². The van der Waals surface area contributed by atoms with Gasteiger partial charge < -0.3 is 9.47 Å². The zero-order chi connectivity index (χ0) is 15.0. The average Bonchev–Trinajstić information content (AvgIpc) is 3.17. The van der Waals surface area contributed by atoms with Crippen molar-refractivity contribution in [1.82, 2.24) is 0 Å². The summed E-state index contributed by atoms with van der Waals surface area (Å²) in [7, 11) is 0. The quantitative estimate of drug-likeness (QED) is 0.799. The summed E-state index contributed by atoms with van der Waals surface area (Å²) in [5.41, 5.74) is 0. The summed E-state index contributed by atoms with van der Waals surface area (Å²) < 4.78 is 11.6. The zero-order valence-corrected chi connectivity index (χ0v) is 13.1. The molecule has 0 bridgehead atoms. The largest absolute Gasteiger partial charge is 0.336 e. The molecule has 0 N–H and O–H groups in total. The molecule has 2 saturated carbocycles. The zero-order valence-electron chi connectivity index (χ0n) is 13.1. The van der Waals surface area contributed by atoms with E-state index in [0.717, 1.165) is 51.4 Å². The van der Waals surface area contributed by atoms with E-state index in [0.29, 0.717) is 0 Å². The SMILES string of the molecule is CC1(C)O[C@H](C(=O)C2CCCC2)[C@@H](C(=O)C2CCCC2)O1. The van der Waals surface area contributed by atoms with E-state index in [1.165, 1.54) is 0 Å². The molecular formula is C17H26O4. The van der Waals surface area contributed by atoms with Crippen LogP contribution in [0.5, 0.6) is 0 Å². The Bertz CT molecular complexity index is 379. The minimum absolute atomic E-state index is 0.0615. The van der Waals surface area contributed by atoms with Crippen molar-refractivity contribution in [3.05, 3.63) is 0 Å². The molecule has 0 aromatic heterocycles. The molecule has 21 heavy (non-hydrogen) atoms. The summed E-state index contributed by atoms with van der Waals surface area (Å²) in [6.45, 7) is 3.59. The number of Topliss-reactive ketones (excluding diaryl/α,β-unsaturated/α-hetero) is 2. The molecule has 0 amide bonds. The van der Waals surface area contributed by atoms with Crippen LogP contribution in [0.2, 0.25) is 0 Å². The molecule has 0 aromatic carbocycles. The van der Waals surface area contributed by atoms with E-state index >= 15 is 0 Å². The molecule has 0 spiro atoms. The van der Waals surface area contributed by atoms with E-state index in [1.807, 2.05) is 0 Å². The first kappa shape index (κ1) is 15.2. The first-order valence-corrected chi connectivity index (χ1v) is 8.41.